The lowest BCUT2D eigenvalue weighted by Gasteiger charge is -2.11. The van der Waals surface area contributed by atoms with Gasteiger partial charge in [0.25, 0.3) is 0 Å². The number of carbonyl (C=O) groups is 1. The fourth-order valence-electron chi connectivity index (χ4n) is 2.47. The number of aromatic nitrogens is 2. The summed E-state index contributed by atoms with van der Waals surface area (Å²) in [5, 5.41) is 11.7. The van der Waals surface area contributed by atoms with E-state index in [0.717, 1.165) is 11.0 Å². The molecule has 3 rings (SSSR count). The van der Waals surface area contributed by atoms with E-state index in [9.17, 15) is 9.90 Å². The molecule has 130 valence electrons. The van der Waals surface area contributed by atoms with Gasteiger partial charge in [0.05, 0.1) is 37.3 Å². The van der Waals surface area contributed by atoms with E-state index >= 15 is 0 Å². The van der Waals surface area contributed by atoms with Gasteiger partial charge in [-0.1, -0.05) is 36.0 Å². The number of aliphatic carboxylic acids is 1. The van der Waals surface area contributed by atoms with Gasteiger partial charge in [-0.2, -0.15) is 0 Å². The summed E-state index contributed by atoms with van der Waals surface area (Å²) in [6, 6.07) is 14.9. The number of carboxylic acids is 1. The largest absolute Gasteiger partial charge is 0.548 e. The molecule has 0 bridgehead atoms. The molecular weight excluding hydrogens is 340 g/mol. The number of nitrogens with zero attached hydrogens (tertiary/aromatic N) is 2. The van der Waals surface area contributed by atoms with Crippen molar-refractivity contribution in [3.05, 3.63) is 48.5 Å². The van der Waals surface area contributed by atoms with Crippen LogP contribution in [0.5, 0.6) is 11.5 Å². The van der Waals surface area contributed by atoms with E-state index in [0.29, 0.717) is 29.0 Å². The summed E-state index contributed by atoms with van der Waals surface area (Å²) in [7, 11) is 1.60. The van der Waals surface area contributed by atoms with Crippen LogP contribution in [0.4, 0.5) is 0 Å². The molecular formula is C18H17N2O4S-. The zero-order valence-electron chi connectivity index (χ0n) is 13.7. The maximum atomic E-state index is 11.0. The summed E-state index contributed by atoms with van der Waals surface area (Å²) in [6.45, 7) is 0.218. The molecule has 0 atom stereocenters. The molecule has 1 heterocycles. The number of hydrogen-bond donors (Lipinski definition) is 0. The molecule has 2 aromatic carbocycles. The van der Waals surface area contributed by atoms with Crippen molar-refractivity contribution >= 4 is 28.8 Å². The van der Waals surface area contributed by atoms with Crippen LogP contribution in [0.25, 0.3) is 11.0 Å². The average Bonchev–Trinajstić information content (AvgIpc) is 2.96. The van der Waals surface area contributed by atoms with Crippen LogP contribution < -0.4 is 14.6 Å². The molecule has 1 aromatic heterocycles. The van der Waals surface area contributed by atoms with E-state index in [1.54, 1.807) is 11.7 Å². The second kappa shape index (κ2) is 7.94. The number of methoxy groups -OCH3 is 1. The Hall–Kier alpha value is -2.67. The summed E-state index contributed by atoms with van der Waals surface area (Å²) in [5.41, 5.74) is 1.54. The van der Waals surface area contributed by atoms with Gasteiger partial charge in [-0.25, -0.2) is 4.98 Å². The molecule has 0 spiro atoms. The molecule has 0 amide bonds. The normalized spacial score (nSPS) is 10.8. The van der Waals surface area contributed by atoms with Crippen LogP contribution >= 0.6 is 11.8 Å². The minimum atomic E-state index is -1.14. The van der Waals surface area contributed by atoms with Crippen LogP contribution in [0.15, 0.2) is 53.7 Å². The molecule has 0 saturated carbocycles. The number of carbonyl (C=O) groups excluding carboxylic acids is 1. The van der Waals surface area contributed by atoms with Gasteiger partial charge in [-0.3, -0.25) is 0 Å². The molecule has 0 fully saturated rings. The third-order valence-corrected chi connectivity index (χ3v) is 4.49. The monoisotopic (exact) mass is 357 g/mol. The Morgan fingerprint density at radius 3 is 2.64 bits per heavy atom. The third kappa shape index (κ3) is 4.06. The number of ether oxygens (including phenoxy) is 2. The minimum Gasteiger partial charge on any atom is -0.548 e. The Kier molecular flexibility index (Phi) is 5.45. The van der Waals surface area contributed by atoms with Gasteiger partial charge >= 0.3 is 0 Å². The molecule has 7 heteroatoms. The highest BCUT2D eigenvalue weighted by molar-refractivity contribution is 7.99. The predicted molar refractivity (Wildman–Crippen MR) is 94.0 cm³/mol. The molecule has 25 heavy (non-hydrogen) atoms. The van der Waals surface area contributed by atoms with Gasteiger partial charge in [-0.05, 0) is 24.3 Å². The van der Waals surface area contributed by atoms with E-state index < -0.39 is 5.97 Å². The van der Waals surface area contributed by atoms with Crippen LogP contribution in [-0.2, 0) is 11.3 Å². The quantitative estimate of drug-likeness (QED) is 0.453. The number of rotatable bonds is 8. The number of para-hydroxylation sites is 4. The fraction of sp³-hybridized carbons (Fsp3) is 0.222. The first kappa shape index (κ1) is 17.2. The first-order valence-corrected chi connectivity index (χ1v) is 8.71. The second-order valence-corrected chi connectivity index (χ2v) is 6.25. The number of hydrogen-bond acceptors (Lipinski definition) is 6. The lowest BCUT2D eigenvalue weighted by Crippen LogP contribution is -2.27. The highest BCUT2D eigenvalue weighted by atomic mass is 32.2. The average molecular weight is 357 g/mol. The summed E-state index contributed by atoms with van der Waals surface area (Å²) >= 11 is 1.44. The summed E-state index contributed by atoms with van der Waals surface area (Å²) in [6.07, 6.45) is 0. The molecule has 0 saturated heterocycles. The van der Waals surface area contributed by atoms with Crippen molar-refractivity contribution in [2.75, 3.05) is 19.5 Å². The van der Waals surface area contributed by atoms with Gasteiger partial charge in [0, 0.05) is 5.75 Å². The van der Waals surface area contributed by atoms with Gasteiger partial charge in [0.1, 0.15) is 0 Å². The zero-order chi connectivity index (χ0) is 17.6. The Morgan fingerprint density at radius 1 is 1.16 bits per heavy atom. The van der Waals surface area contributed by atoms with Crippen molar-refractivity contribution in [2.45, 2.75) is 11.7 Å². The topological polar surface area (TPSA) is 76.4 Å². The maximum Gasteiger partial charge on any atom is 0.169 e. The Morgan fingerprint density at radius 2 is 1.88 bits per heavy atom. The van der Waals surface area contributed by atoms with Crippen LogP contribution in [0.1, 0.15) is 0 Å². The molecule has 3 aromatic rings. The Labute approximate surface area is 149 Å². The zero-order valence-corrected chi connectivity index (χ0v) is 14.5. The summed E-state index contributed by atoms with van der Waals surface area (Å²) in [4.78, 5) is 15.5. The Balaban J connectivity index is 1.67. The molecule has 0 aliphatic heterocycles. The lowest BCUT2D eigenvalue weighted by molar-refractivity contribution is -0.306. The van der Waals surface area contributed by atoms with E-state index in [-0.39, 0.29) is 6.54 Å². The molecule has 0 aliphatic rings. The van der Waals surface area contributed by atoms with Gasteiger partial charge in [0.2, 0.25) is 0 Å². The van der Waals surface area contributed by atoms with Gasteiger partial charge in [-0.15, -0.1) is 0 Å². The summed E-state index contributed by atoms with van der Waals surface area (Å²) in [5.74, 6) is 0.829. The maximum absolute atomic E-state index is 11.0. The molecule has 6 nitrogen and oxygen atoms in total. The fourth-order valence-corrected chi connectivity index (χ4v) is 3.30. The van der Waals surface area contributed by atoms with Crippen molar-refractivity contribution in [3.8, 4) is 11.5 Å². The lowest BCUT2D eigenvalue weighted by atomic mass is 10.3. The molecule has 0 N–H and O–H groups in total. The first-order valence-electron chi connectivity index (χ1n) is 7.73. The third-order valence-electron chi connectivity index (χ3n) is 3.55. The van der Waals surface area contributed by atoms with E-state index in [4.69, 9.17) is 9.47 Å². The van der Waals surface area contributed by atoms with Crippen LogP contribution in [0.2, 0.25) is 0 Å². The SMILES string of the molecule is COc1ccccc1OCCSc1nc2ccccc2n1CC(=O)[O-]. The van der Waals surface area contributed by atoms with Crippen molar-refractivity contribution in [2.24, 2.45) is 0 Å². The van der Waals surface area contributed by atoms with Crippen molar-refractivity contribution in [1.29, 1.82) is 0 Å². The number of thioether (sulfide) groups is 1. The summed E-state index contributed by atoms with van der Waals surface area (Å²) < 4.78 is 12.6. The van der Waals surface area contributed by atoms with Crippen LogP contribution in [-0.4, -0.2) is 35.0 Å². The molecule has 0 radical (unpaired) electrons. The van der Waals surface area contributed by atoms with Crippen molar-refractivity contribution in [3.63, 3.8) is 0 Å². The van der Waals surface area contributed by atoms with Crippen molar-refractivity contribution < 1.29 is 19.4 Å². The smallest absolute Gasteiger partial charge is 0.169 e. The number of benzene rings is 2. The van der Waals surface area contributed by atoms with Crippen LogP contribution in [0.3, 0.4) is 0 Å². The van der Waals surface area contributed by atoms with Crippen LogP contribution in [0, 0.1) is 0 Å². The van der Waals surface area contributed by atoms with Gasteiger partial charge in [0.15, 0.2) is 16.7 Å². The van der Waals surface area contributed by atoms with Crippen molar-refractivity contribution in [1.82, 2.24) is 9.55 Å². The number of carboxylic acid groups (broad SMARTS) is 1. The standard InChI is InChI=1S/C18H18N2O4S/c1-23-15-8-4-5-9-16(15)24-10-11-25-18-19-13-6-2-3-7-14(13)20(18)12-17(21)22/h2-9H,10-12H2,1H3,(H,21,22)/p-1. The minimum absolute atomic E-state index is 0.226. The second-order valence-electron chi connectivity index (χ2n) is 5.19. The molecule has 0 unspecified atom stereocenters. The predicted octanol–water partition coefficient (Wildman–Crippen LogP) is 1.97. The van der Waals surface area contributed by atoms with E-state index in [2.05, 4.69) is 4.98 Å². The first-order chi connectivity index (χ1) is 12.2. The number of imidazole rings is 1. The van der Waals surface area contributed by atoms with Gasteiger partial charge < -0.3 is 23.9 Å². The number of fused-ring (bicyclic) bond motifs is 1. The Bertz CT molecular complexity index is 878. The van der Waals surface area contributed by atoms with E-state index in [1.165, 1.54) is 11.8 Å². The van der Waals surface area contributed by atoms with E-state index in [1.807, 2.05) is 48.5 Å². The molecule has 0 aliphatic carbocycles. The highest BCUT2D eigenvalue weighted by Crippen LogP contribution is 2.27. The highest BCUT2D eigenvalue weighted by Gasteiger charge is 2.11.